The van der Waals surface area contributed by atoms with Gasteiger partial charge in [0.05, 0.1) is 10.2 Å². The predicted octanol–water partition coefficient (Wildman–Crippen LogP) is 4.80. The Morgan fingerprint density at radius 2 is 1.81 bits per heavy atom. The van der Waals surface area contributed by atoms with Crippen LogP contribution in [-0.2, 0) is 6.54 Å². The molecule has 3 aromatic rings. The summed E-state index contributed by atoms with van der Waals surface area (Å²) in [7, 11) is 0. The Morgan fingerprint density at radius 1 is 1.08 bits per heavy atom. The topological polar surface area (TPSA) is 36.4 Å². The molecule has 0 spiro atoms. The first-order chi connectivity index (χ1) is 12.8. The normalized spacial score (nSPS) is 17.9. The molecule has 1 aliphatic rings. The molecule has 2 heterocycles. The average Bonchev–Trinajstić information content (AvgIpc) is 3.12. The van der Waals surface area contributed by atoms with Crippen molar-refractivity contribution >= 4 is 21.6 Å². The van der Waals surface area contributed by atoms with Gasteiger partial charge in [0, 0.05) is 6.54 Å². The second kappa shape index (κ2) is 8.12. The number of benzene rings is 2. The van der Waals surface area contributed by atoms with Gasteiger partial charge in [-0.05, 0) is 49.5 Å². The molecular formula is C22H24N2OS. The summed E-state index contributed by atoms with van der Waals surface area (Å²) in [5.74, 6) is 0.547. The molecule has 0 saturated carbocycles. The zero-order valence-corrected chi connectivity index (χ0v) is 15.6. The molecule has 1 N–H and O–H groups in total. The first-order valence-electron chi connectivity index (χ1n) is 9.26. The van der Waals surface area contributed by atoms with Crippen LogP contribution < -0.4 is 0 Å². The quantitative estimate of drug-likeness (QED) is 0.661. The van der Waals surface area contributed by atoms with Crippen LogP contribution >= 0.6 is 11.3 Å². The van der Waals surface area contributed by atoms with Crippen LogP contribution in [0.1, 0.15) is 29.5 Å². The number of allylic oxidation sites excluding steroid dienone is 1. The highest BCUT2D eigenvalue weighted by Gasteiger charge is 2.18. The molecule has 1 atom stereocenters. The van der Waals surface area contributed by atoms with Crippen LogP contribution in [0.4, 0.5) is 0 Å². The molecule has 3 nitrogen and oxygen atoms in total. The maximum Gasteiger partial charge on any atom is 0.126 e. The van der Waals surface area contributed by atoms with Crippen molar-refractivity contribution < 1.29 is 5.11 Å². The number of aliphatic hydroxyl groups is 1. The molecule has 1 fully saturated rings. The number of rotatable bonds is 5. The largest absolute Gasteiger partial charge is 0.382 e. The highest BCUT2D eigenvalue weighted by molar-refractivity contribution is 7.18. The molecule has 1 unspecified atom stereocenters. The Hall–Kier alpha value is -2.01. The van der Waals surface area contributed by atoms with Crippen molar-refractivity contribution in [1.82, 2.24) is 9.88 Å². The van der Waals surface area contributed by atoms with Gasteiger partial charge in [-0.2, -0.15) is 0 Å². The van der Waals surface area contributed by atoms with Crippen LogP contribution in [-0.4, -0.2) is 28.1 Å². The molecule has 0 radical (unpaired) electrons. The number of thiazole rings is 1. The maximum atomic E-state index is 10.4. The van der Waals surface area contributed by atoms with Gasteiger partial charge < -0.3 is 5.11 Å². The molecule has 1 saturated heterocycles. The van der Waals surface area contributed by atoms with Crippen LogP contribution in [0, 0.1) is 5.92 Å². The molecule has 0 aliphatic carbocycles. The van der Waals surface area contributed by atoms with E-state index in [1.54, 1.807) is 11.3 Å². The van der Waals surface area contributed by atoms with Gasteiger partial charge in [0.15, 0.2) is 0 Å². The molecule has 134 valence electrons. The van der Waals surface area contributed by atoms with E-state index in [2.05, 4.69) is 52.4 Å². The van der Waals surface area contributed by atoms with Crippen molar-refractivity contribution in [2.75, 3.05) is 13.1 Å². The van der Waals surface area contributed by atoms with Crippen molar-refractivity contribution in [3.63, 3.8) is 0 Å². The van der Waals surface area contributed by atoms with Crippen LogP contribution in [0.15, 0.2) is 66.7 Å². The van der Waals surface area contributed by atoms with E-state index in [0.717, 1.165) is 47.7 Å². The van der Waals surface area contributed by atoms with E-state index in [4.69, 9.17) is 0 Å². The summed E-state index contributed by atoms with van der Waals surface area (Å²) >= 11 is 1.57. The average molecular weight is 365 g/mol. The minimum atomic E-state index is -0.602. The summed E-state index contributed by atoms with van der Waals surface area (Å²) in [4.78, 5) is 7.06. The number of aromatic nitrogens is 1. The van der Waals surface area contributed by atoms with E-state index >= 15 is 0 Å². The second-order valence-corrected chi connectivity index (χ2v) is 8.01. The van der Waals surface area contributed by atoms with Gasteiger partial charge in [-0.15, -0.1) is 11.3 Å². The summed E-state index contributed by atoms with van der Waals surface area (Å²) in [5.41, 5.74) is 2.35. The molecule has 0 amide bonds. The van der Waals surface area contributed by atoms with Gasteiger partial charge in [-0.25, -0.2) is 4.98 Å². The van der Waals surface area contributed by atoms with Gasteiger partial charge in [-0.3, -0.25) is 4.90 Å². The molecule has 4 rings (SSSR count). The number of aliphatic hydroxyl groups excluding tert-OH is 1. The molecule has 4 heteroatoms. The van der Waals surface area contributed by atoms with Crippen molar-refractivity contribution in [2.45, 2.75) is 25.5 Å². The van der Waals surface area contributed by atoms with Gasteiger partial charge in [0.2, 0.25) is 0 Å². The van der Waals surface area contributed by atoms with E-state index in [1.165, 1.54) is 5.56 Å². The van der Waals surface area contributed by atoms with E-state index in [0.29, 0.717) is 5.92 Å². The number of piperidine rings is 1. The number of hydrogen-bond donors (Lipinski definition) is 1. The lowest BCUT2D eigenvalue weighted by Crippen LogP contribution is -2.32. The maximum absolute atomic E-state index is 10.4. The molecule has 2 aromatic carbocycles. The van der Waals surface area contributed by atoms with Crippen LogP contribution in [0.3, 0.4) is 0 Å². The van der Waals surface area contributed by atoms with Crippen molar-refractivity contribution in [2.24, 2.45) is 5.92 Å². The summed E-state index contributed by atoms with van der Waals surface area (Å²) in [5, 5.41) is 11.2. The molecule has 0 bridgehead atoms. The van der Waals surface area contributed by atoms with E-state index in [1.807, 2.05) is 24.3 Å². The monoisotopic (exact) mass is 364 g/mol. The predicted molar refractivity (Wildman–Crippen MR) is 108 cm³/mol. The molecular weight excluding hydrogens is 340 g/mol. The van der Waals surface area contributed by atoms with Crippen LogP contribution in [0.2, 0.25) is 0 Å². The van der Waals surface area contributed by atoms with Crippen LogP contribution in [0.5, 0.6) is 0 Å². The Labute approximate surface area is 158 Å². The number of fused-ring (bicyclic) bond motifs is 1. The molecule has 1 aromatic heterocycles. The SMILES string of the molecule is OC(C=CC1CCN(Cc2ccccc2)CC1)c1nc2ccccc2s1. The molecule has 26 heavy (non-hydrogen) atoms. The van der Waals surface area contributed by atoms with Crippen molar-refractivity contribution in [3.8, 4) is 0 Å². The van der Waals surface area contributed by atoms with E-state index < -0.39 is 6.10 Å². The van der Waals surface area contributed by atoms with Gasteiger partial charge in [-0.1, -0.05) is 54.6 Å². The first-order valence-corrected chi connectivity index (χ1v) is 10.1. The van der Waals surface area contributed by atoms with Gasteiger partial charge in [0.1, 0.15) is 11.1 Å². The number of likely N-dealkylation sites (tertiary alicyclic amines) is 1. The standard InChI is InChI=1S/C22H24N2OS/c25-20(22-23-19-8-4-5-9-21(19)26-22)11-10-17-12-14-24(15-13-17)16-18-6-2-1-3-7-18/h1-11,17,20,25H,12-16H2. The van der Waals surface area contributed by atoms with Crippen LogP contribution in [0.25, 0.3) is 10.2 Å². The second-order valence-electron chi connectivity index (χ2n) is 6.95. The fraction of sp³-hybridized carbons (Fsp3) is 0.318. The fourth-order valence-electron chi connectivity index (χ4n) is 3.51. The number of para-hydroxylation sites is 1. The highest BCUT2D eigenvalue weighted by atomic mass is 32.1. The summed E-state index contributed by atoms with van der Waals surface area (Å²) in [6, 6.07) is 18.7. The Bertz CT molecular complexity index is 833. The zero-order chi connectivity index (χ0) is 17.8. The Balaban J connectivity index is 1.30. The van der Waals surface area contributed by atoms with Gasteiger partial charge >= 0.3 is 0 Å². The lowest BCUT2D eigenvalue weighted by Gasteiger charge is -2.30. The zero-order valence-electron chi connectivity index (χ0n) is 14.8. The third kappa shape index (κ3) is 4.21. The van der Waals surface area contributed by atoms with E-state index in [9.17, 15) is 5.11 Å². The fourth-order valence-corrected chi connectivity index (χ4v) is 4.44. The molecule has 1 aliphatic heterocycles. The smallest absolute Gasteiger partial charge is 0.126 e. The summed E-state index contributed by atoms with van der Waals surface area (Å²) < 4.78 is 1.13. The number of nitrogens with zero attached hydrogens (tertiary/aromatic N) is 2. The minimum absolute atomic E-state index is 0.547. The lowest BCUT2D eigenvalue weighted by molar-refractivity contribution is 0.193. The lowest BCUT2D eigenvalue weighted by atomic mass is 9.95. The minimum Gasteiger partial charge on any atom is -0.382 e. The van der Waals surface area contributed by atoms with Crippen molar-refractivity contribution in [1.29, 1.82) is 0 Å². The van der Waals surface area contributed by atoms with Crippen molar-refractivity contribution in [3.05, 3.63) is 77.3 Å². The Kier molecular flexibility index (Phi) is 5.44. The van der Waals surface area contributed by atoms with Gasteiger partial charge in [0.25, 0.3) is 0 Å². The third-order valence-electron chi connectivity index (χ3n) is 5.01. The number of hydrogen-bond acceptors (Lipinski definition) is 4. The third-order valence-corrected chi connectivity index (χ3v) is 6.12. The summed E-state index contributed by atoms with van der Waals surface area (Å²) in [6.45, 7) is 3.26. The first kappa shape index (κ1) is 17.4. The van der Waals surface area contributed by atoms with E-state index in [-0.39, 0.29) is 0 Å². The Morgan fingerprint density at radius 3 is 2.58 bits per heavy atom. The summed E-state index contributed by atoms with van der Waals surface area (Å²) in [6.07, 6.45) is 5.81. The highest BCUT2D eigenvalue weighted by Crippen LogP contribution is 2.28.